The highest BCUT2D eigenvalue weighted by atomic mass is 35.5. The molecule has 2 heterocycles. The van der Waals surface area contributed by atoms with Crippen molar-refractivity contribution in [3.63, 3.8) is 0 Å². The second-order valence-corrected chi connectivity index (χ2v) is 6.63. The molecule has 0 bridgehead atoms. The summed E-state index contributed by atoms with van der Waals surface area (Å²) in [5.41, 5.74) is 0.358. The lowest BCUT2D eigenvalue weighted by Gasteiger charge is -2.37. The highest BCUT2D eigenvalue weighted by Gasteiger charge is 2.35. The van der Waals surface area contributed by atoms with E-state index in [2.05, 4.69) is 15.4 Å². The molecule has 0 amide bonds. The number of rotatable bonds is 7. The first kappa shape index (κ1) is 23.2. The first-order valence-electron chi connectivity index (χ1n) is 8.89. The molecule has 0 spiro atoms. The van der Waals surface area contributed by atoms with Crippen molar-refractivity contribution in [1.29, 1.82) is 0 Å². The topological polar surface area (TPSA) is 76.8 Å². The molecule has 1 aliphatic carbocycles. The molecule has 0 unspecified atom stereocenters. The molecule has 1 aromatic heterocycles. The molecule has 0 aromatic carbocycles. The Morgan fingerprint density at radius 2 is 2.00 bits per heavy atom. The van der Waals surface area contributed by atoms with Crippen LogP contribution in [0.4, 0.5) is 0 Å². The normalized spacial score (nSPS) is 19.4. The molecule has 1 N–H and O–H groups in total. The molecule has 1 aromatic rings. The van der Waals surface area contributed by atoms with Crippen LogP contribution in [0.5, 0.6) is 0 Å². The van der Waals surface area contributed by atoms with E-state index in [0.717, 1.165) is 32.8 Å². The number of hydrogen-bond donors (Lipinski definition) is 1. The second-order valence-electron chi connectivity index (χ2n) is 6.63. The van der Waals surface area contributed by atoms with Crippen LogP contribution in [0.25, 0.3) is 0 Å². The molecule has 7 nitrogen and oxygen atoms in total. The van der Waals surface area contributed by atoms with Gasteiger partial charge in [0, 0.05) is 31.2 Å². The highest BCUT2D eigenvalue weighted by Crippen LogP contribution is 2.31. The van der Waals surface area contributed by atoms with Crippen LogP contribution in [-0.4, -0.2) is 61.0 Å². The van der Waals surface area contributed by atoms with E-state index in [1.807, 2.05) is 0 Å². The van der Waals surface area contributed by atoms with Crippen LogP contribution in [-0.2, 0) is 16.0 Å². The molecule has 1 saturated carbocycles. The van der Waals surface area contributed by atoms with Gasteiger partial charge in [-0.3, -0.25) is 4.90 Å². The van der Waals surface area contributed by atoms with Crippen LogP contribution in [0.2, 0.25) is 0 Å². The quantitative estimate of drug-likeness (QED) is 0.692. The van der Waals surface area contributed by atoms with Gasteiger partial charge in [0.15, 0.2) is 11.5 Å². The Labute approximate surface area is 166 Å². The number of halogens is 2. The van der Waals surface area contributed by atoms with E-state index in [9.17, 15) is 4.79 Å². The Bertz CT molecular complexity index is 544. The fraction of sp³-hybridized carbons (Fsp3) is 0.765. The number of nitrogens with one attached hydrogen (secondary N) is 1. The summed E-state index contributed by atoms with van der Waals surface area (Å²) in [5.74, 6) is 0.239. The van der Waals surface area contributed by atoms with Crippen molar-refractivity contribution in [3.05, 3.63) is 17.5 Å². The smallest absolute Gasteiger partial charge is 0.360 e. The maximum Gasteiger partial charge on any atom is 0.360 e. The predicted octanol–water partition coefficient (Wildman–Crippen LogP) is 2.43. The summed E-state index contributed by atoms with van der Waals surface area (Å²) in [6.07, 6.45) is 4.84. The van der Waals surface area contributed by atoms with Crippen molar-refractivity contribution in [3.8, 4) is 0 Å². The molecule has 0 atom stereocenters. The molecule has 150 valence electrons. The van der Waals surface area contributed by atoms with Gasteiger partial charge in [-0.05, 0) is 19.8 Å². The van der Waals surface area contributed by atoms with E-state index in [0.29, 0.717) is 18.9 Å². The van der Waals surface area contributed by atoms with E-state index in [1.165, 1.54) is 25.7 Å². The maximum absolute atomic E-state index is 11.7. The molecular formula is C17H29Cl2N3O4. The number of carbonyl (C=O) groups is 1. The standard InChI is InChI=1S/C17H27N3O4.2ClH/c1-2-23-16(21)15-11-14(24-19-15)12-18-17(5-3-4-6-17)13-20-7-9-22-10-8-20;;/h11,18H,2-10,12-13H2,1H3;2*1H. The zero-order chi connectivity index (χ0) is 16.8. The van der Waals surface area contributed by atoms with Gasteiger partial charge in [-0.15, -0.1) is 24.8 Å². The van der Waals surface area contributed by atoms with E-state index in [4.69, 9.17) is 14.0 Å². The van der Waals surface area contributed by atoms with Crippen molar-refractivity contribution in [1.82, 2.24) is 15.4 Å². The lowest BCUT2D eigenvalue weighted by molar-refractivity contribution is 0.0234. The van der Waals surface area contributed by atoms with Gasteiger partial charge in [-0.25, -0.2) is 4.79 Å². The molecule has 0 radical (unpaired) electrons. The zero-order valence-corrected chi connectivity index (χ0v) is 16.8. The van der Waals surface area contributed by atoms with Crippen molar-refractivity contribution < 1.29 is 18.8 Å². The number of nitrogens with zero attached hydrogens (tertiary/aromatic N) is 2. The maximum atomic E-state index is 11.7. The SMILES string of the molecule is CCOC(=O)c1cc(CNC2(CN3CCOCC3)CCCC2)on1.Cl.Cl. The first-order chi connectivity index (χ1) is 11.7. The lowest BCUT2D eigenvalue weighted by atomic mass is 9.96. The van der Waals surface area contributed by atoms with Crippen LogP contribution >= 0.6 is 24.8 Å². The summed E-state index contributed by atoms with van der Waals surface area (Å²) in [7, 11) is 0. The van der Waals surface area contributed by atoms with Crippen LogP contribution in [0.1, 0.15) is 48.9 Å². The minimum Gasteiger partial charge on any atom is -0.461 e. The van der Waals surface area contributed by atoms with Gasteiger partial charge in [-0.1, -0.05) is 18.0 Å². The molecule has 3 rings (SSSR count). The molecule has 2 aliphatic rings. The fourth-order valence-corrected chi connectivity index (χ4v) is 3.60. The van der Waals surface area contributed by atoms with Gasteiger partial charge in [0.2, 0.25) is 0 Å². The largest absolute Gasteiger partial charge is 0.461 e. The average Bonchev–Trinajstić information content (AvgIpc) is 3.24. The zero-order valence-electron chi connectivity index (χ0n) is 15.2. The first-order valence-corrected chi connectivity index (χ1v) is 8.89. The third kappa shape index (κ3) is 6.09. The Balaban J connectivity index is 0.00000169. The number of ether oxygens (including phenoxy) is 2. The third-order valence-corrected chi connectivity index (χ3v) is 4.87. The summed E-state index contributed by atoms with van der Waals surface area (Å²) in [5, 5.41) is 7.48. The van der Waals surface area contributed by atoms with Gasteiger partial charge in [0.1, 0.15) is 0 Å². The summed E-state index contributed by atoms with van der Waals surface area (Å²) < 4.78 is 15.7. The Kier molecular flexibility index (Phi) is 9.89. The molecule has 1 aliphatic heterocycles. The van der Waals surface area contributed by atoms with Crippen LogP contribution in [0.15, 0.2) is 10.6 Å². The third-order valence-electron chi connectivity index (χ3n) is 4.87. The van der Waals surface area contributed by atoms with Crippen LogP contribution in [0.3, 0.4) is 0 Å². The second kappa shape index (κ2) is 11.1. The monoisotopic (exact) mass is 409 g/mol. The van der Waals surface area contributed by atoms with Crippen molar-refractivity contribution in [2.75, 3.05) is 39.5 Å². The van der Waals surface area contributed by atoms with Crippen molar-refractivity contribution in [2.24, 2.45) is 0 Å². The minimum absolute atomic E-state index is 0. The number of carbonyl (C=O) groups excluding carboxylic acids is 1. The van der Waals surface area contributed by atoms with Gasteiger partial charge in [0.25, 0.3) is 0 Å². The van der Waals surface area contributed by atoms with Crippen molar-refractivity contribution >= 4 is 30.8 Å². The van der Waals surface area contributed by atoms with Gasteiger partial charge < -0.3 is 19.3 Å². The predicted molar refractivity (Wildman–Crippen MR) is 102 cm³/mol. The number of esters is 1. The molecule has 9 heteroatoms. The summed E-state index contributed by atoms with van der Waals surface area (Å²) >= 11 is 0. The summed E-state index contributed by atoms with van der Waals surface area (Å²) in [6.45, 7) is 7.36. The van der Waals surface area contributed by atoms with E-state index < -0.39 is 5.97 Å². The lowest BCUT2D eigenvalue weighted by Crippen LogP contribution is -2.53. The van der Waals surface area contributed by atoms with Crippen molar-refractivity contribution in [2.45, 2.75) is 44.7 Å². The van der Waals surface area contributed by atoms with Gasteiger partial charge in [-0.2, -0.15) is 0 Å². The van der Waals surface area contributed by atoms with Crippen LogP contribution in [0, 0.1) is 0 Å². The minimum atomic E-state index is -0.434. The van der Waals surface area contributed by atoms with Gasteiger partial charge >= 0.3 is 5.97 Å². The van der Waals surface area contributed by atoms with E-state index >= 15 is 0 Å². The number of hydrogen-bond acceptors (Lipinski definition) is 7. The average molecular weight is 410 g/mol. The number of aromatic nitrogens is 1. The molecule has 1 saturated heterocycles. The molecule has 2 fully saturated rings. The number of morpholine rings is 1. The fourth-order valence-electron chi connectivity index (χ4n) is 3.60. The molecular weight excluding hydrogens is 381 g/mol. The Morgan fingerprint density at radius 3 is 2.65 bits per heavy atom. The van der Waals surface area contributed by atoms with Crippen LogP contribution < -0.4 is 5.32 Å². The highest BCUT2D eigenvalue weighted by molar-refractivity contribution is 5.87. The van der Waals surface area contributed by atoms with E-state index in [-0.39, 0.29) is 36.0 Å². The van der Waals surface area contributed by atoms with E-state index in [1.54, 1.807) is 13.0 Å². The van der Waals surface area contributed by atoms with Gasteiger partial charge in [0.05, 0.1) is 26.4 Å². The Morgan fingerprint density at radius 1 is 1.31 bits per heavy atom. The molecule has 26 heavy (non-hydrogen) atoms. The Hall–Kier alpha value is -0.860. The summed E-state index contributed by atoms with van der Waals surface area (Å²) in [6, 6.07) is 1.67. The summed E-state index contributed by atoms with van der Waals surface area (Å²) in [4.78, 5) is 14.1.